The highest BCUT2D eigenvalue weighted by Crippen LogP contribution is 2.55. The van der Waals surface area contributed by atoms with Gasteiger partial charge in [0, 0.05) is 23.3 Å². The third-order valence-electron chi connectivity index (χ3n) is 10.4. The number of hydrogen-bond donors (Lipinski definition) is 2. The van der Waals surface area contributed by atoms with E-state index in [4.69, 9.17) is 16.3 Å². The number of amides is 3. The topological polar surface area (TPSA) is 87.7 Å². The molecule has 3 amide bonds. The molecule has 4 aliphatic rings. The molecule has 3 heterocycles. The Morgan fingerprint density at radius 3 is 2.47 bits per heavy atom. The number of likely N-dealkylation sites (tertiary alicyclic amines) is 1. The van der Waals surface area contributed by atoms with Crippen molar-refractivity contribution in [3.05, 3.63) is 76.8 Å². The molecule has 2 aromatic carbocycles. The molecule has 0 radical (unpaired) electrons. The first-order valence-electron chi connectivity index (χ1n) is 15.7. The van der Waals surface area contributed by atoms with E-state index in [2.05, 4.69) is 38.3 Å². The summed E-state index contributed by atoms with van der Waals surface area (Å²) < 4.78 is 6.53. The van der Waals surface area contributed by atoms with Gasteiger partial charge < -0.3 is 20.3 Å². The van der Waals surface area contributed by atoms with Gasteiger partial charge >= 0.3 is 0 Å². The highest BCUT2D eigenvalue weighted by Gasteiger charge is 2.72. The minimum absolute atomic E-state index is 0.0374. The number of rotatable bonds is 8. The lowest BCUT2D eigenvalue weighted by Crippen LogP contribution is -2.58. The van der Waals surface area contributed by atoms with E-state index in [1.165, 1.54) is 5.56 Å². The smallest absolute Gasteiger partial charge is 0.246 e. The molecule has 1 spiro atoms. The molecule has 1 aliphatic carbocycles. The van der Waals surface area contributed by atoms with Gasteiger partial charge in [-0.3, -0.25) is 14.4 Å². The van der Waals surface area contributed by atoms with Crippen LogP contribution in [0.1, 0.15) is 64.0 Å². The molecule has 2 aromatic rings. The Bertz CT molecular complexity index is 1410. The van der Waals surface area contributed by atoms with Crippen LogP contribution in [0.3, 0.4) is 0 Å². The zero-order valence-electron chi connectivity index (χ0n) is 25.4. The van der Waals surface area contributed by atoms with Crippen LogP contribution in [0.5, 0.6) is 0 Å². The number of ether oxygens (including phenoxy) is 1. The van der Waals surface area contributed by atoms with Crippen molar-refractivity contribution >= 4 is 35.0 Å². The average Bonchev–Trinajstić information content (AvgIpc) is 3.62. The van der Waals surface area contributed by atoms with Crippen LogP contribution in [-0.2, 0) is 25.5 Å². The molecule has 6 unspecified atom stereocenters. The quantitative estimate of drug-likeness (QED) is 0.377. The number of carbonyl (C=O) groups is 3. The highest BCUT2D eigenvalue weighted by molar-refractivity contribution is 6.30. The van der Waals surface area contributed by atoms with Crippen LogP contribution in [0.2, 0.25) is 5.02 Å². The van der Waals surface area contributed by atoms with Crippen molar-refractivity contribution < 1.29 is 19.1 Å². The van der Waals surface area contributed by atoms with E-state index >= 15 is 0 Å². The van der Waals surface area contributed by atoms with E-state index in [0.29, 0.717) is 41.4 Å². The van der Waals surface area contributed by atoms with E-state index in [1.807, 2.05) is 60.7 Å². The predicted molar refractivity (Wildman–Crippen MR) is 168 cm³/mol. The summed E-state index contributed by atoms with van der Waals surface area (Å²) in [6, 6.07) is 14.5. The number of halogens is 1. The zero-order chi connectivity index (χ0) is 30.5. The Morgan fingerprint density at radius 2 is 1.77 bits per heavy atom. The second-order valence-corrected chi connectivity index (χ2v) is 13.7. The summed E-state index contributed by atoms with van der Waals surface area (Å²) in [4.78, 5) is 44.0. The summed E-state index contributed by atoms with van der Waals surface area (Å²) in [5.74, 6) is -0.950. The van der Waals surface area contributed by atoms with Crippen molar-refractivity contribution in [2.45, 2.75) is 83.1 Å². The number of nitrogens with one attached hydrogen (secondary N) is 2. The number of carbonyl (C=O) groups excluding carboxylic acids is 3. The van der Waals surface area contributed by atoms with Crippen molar-refractivity contribution in [1.82, 2.24) is 10.2 Å². The maximum atomic E-state index is 14.3. The summed E-state index contributed by atoms with van der Waals surface area (Å²) in [5, 5.41) is 6.99. The summed E-state index contributed by atoms with van der Waals surface area (Å²) in [7, 11) is 0. The maximum Gasteiger partial charge on any atom is 0.246 e. The van der Waals surface area contributed by atoms with Crippen molar-refractivity contribution in [2.24, 2.45) is 23.7 Å². The molecule has 8 heteroatoms. The molecule has 43 heavy (non-hydrogen) atoms. The van der Waals surface area contributed by atoms with Crippen LogP contribution >= 0.6 is 11.6 Å². The fourth-order valence-electron chi connectivity index (χ4n) is 7.63. The third-order valence-corrected chi connectivity index (χ3v) is 10.6. The third kappa shape index (κ3) is 5.40. The first-order valence-corrected chi connectivity index (χ1v) is 16.1. The SMILES string of the molecule is CC(C)c1ccc(NC(=O)C2[C@H]3C=CC4(O3)C(C(=O)NC3CCCC(C)C3C)N(CCc3ccc(Cl)cc3)C(=O)[C@@H]24)cc1. The Kier molecular flexibility index (Phi) is 8.16. The number of hydrogen-bond acceptors (Lipinski definition) is 4. The van der Waals surface area contributed by atoms with Crippen molar-refractivity contribution in [3.8, 4) is 0 Å². The lowest BCUT2D eigenvalue weighted by Gasteiger charge is -2.38. The summed E-state index contributed by atoms with van der Waals surface area (Å²) in [5.41, 5.74) is 1.69. The minimum Gasteiger partial charge on any atom is -0.359 e. The first kappa shape index (κ1) is 29.9. The van der Waals surface area contributed by atoms with Crippen molar-refractivity contribution in [2.75, 3.05) is 11.9 Å². The van der Waals surface area contributed by atoms with Gasteiger partial charge in [0.15, 0.2) is 0 Å². The molecule has 3 aliphatic heterocycles. The lowest BCUT2D eigenvalue weighted by molar-refractivity contribution is -0.141. The first-order chi connectivity index (χ1) is 20.6. The van der Waals surface area contributed by atoms with Crippen LogP contribution < -0.4 is 10.6 Å². The number of fused-ring (bicyclic) bond motifs is 1. The fourth-order valence-corrected chi connectivity index (χ4v) is 7.76. The van der Waals surface area contributed by atoms with Crippen LogP contribution in [0, 0.1) is 23.7 Å². The molecule has 2 saturated heterocycles. The molecular formula is C35H42ClN3O4. The van der Waals surface area contributed by atoms with Crippen LogP contribution in [0.15, 0.2) is 60.7 Å². The summed E-state index contributed by atoms with van der Waals surface area (Å²) >= 11 is 6.09. The minimum atomic E-state index is -1.18. The Morgan fingerprint density at radius 1 is 1.05 bits per heavy atom. The molecular weight excluding hydrogens is 562 g/mol. The molecule has 2 bridgehead atoms. The molecule has 7 nitrogen and oxygen atoms in total. The van der Waals surface area contributed by atoms with Crippen molar-refractivity contribution in [1.29, 1.82) is 0 Å². The Hall–Kier alpha value is -3.16. The standard InChI is InChI=1S/C35H42ClN3O4/c1-20(2)24-10-14-26(15-11-24)37-32(40)29-28-16-18-35(43-28)30(29)34(42)39(19-17-23-8-12-25(36)13-9-23)31(35)33(41)38-27-7-5-6-21(3)22(27)4/h8-16,18,20-22,27-31H,5-7,17,19H2,1-4H3,(H,37,40)(H,38,41)/t21?,22?,27?,28-,29?,30-,31?,35?/m1/s1. The molecule has 3 fully saturated rings. The van der Waals surface area contributed by atoms with E-state index in [0.717, 1.165) is 24.8 Å². The number of benzene rings is 2. The van der Waals surface area contributed by atoms with Crippen LogP contribution in [0.4, 0.5) is 5.69 Å². The number of nitrogens with zero attached hydrogens (tertiary/aromatic N) is 1. The average molecular weight is 604 g/mol. The largest absolute Gasteiger partial charge is 0.359 e. The van der Waals surface area contributed by atoms with Crippen LogP contribution in [0.25, 0.3) is 0 Å². The normalized spacial score (nSPS) is 32.7. The Labute approximate surface area is 259 Å². The number of anilines is 1. The van der Waals surface area contributed by atoms with Gasteiger partial charge in [0.25, 0.3) is 0 Å². The Balaban J connectivity index is 1.28. The van der Waals surface area contributed by atoms with Gasteiger partial charge in [-0.1, -0.05) is 88.6 Å². The zero-order valence-corrected chi connectivity index (χ0v) is 26.1. The second kappa shape index (κ2) is 11.7. The summed E-state index contributed by atoms with van der Waals surface area (Å²) in [6.07, 6.45) is 6.86. The van der Waals surface area contributed by atoms with E-state index in [-0.39, 0.29) is 23.8 Å². The van der Waals surface area contributed by atoms with Gasteiger partial charge in [-0.05, 0) is 66.0 Å². The molecule has 8 atom stereocenters. The monoisotopic (exact) mass is 603 g/mol. The molecule has 228 valence electrons. The fraction of sp³-hybridized carbons (Fsp3) is 0.514. The van der Waals surface area contributed by atoms with Crippen molar-refractivity contribution in [3.63, 3.8) is 0 Å². The van der Waals surface area contributed by atoms with Gasteiger partial charge in [0.1, 0.15) is 11.6 Å². The summed E-state index contributed by atoms with van der Waals surface area (Å²) in [6.45, 7) is 9.01. The van der Waals surface area contributed by atoms with E-state index in [1.54, 1.807) is 4.90 Å². The van der Waals surface area contributed by atoms with Gasteiger partial charge in [0.05, 0.1) is 17.9 Å². The molecule has 1 saturated carbocycles. The highest BCUT2D eigenvalue weighted by atomic mass is 35.5. The molecule has 6 rings (SSSR count). The predicted octanol–water partition coefficient (Wildman–Crippen LogP) is 5.74. The lowest BCUT2D eigenvalue weighted by atomic mass is 9.73. The van der Waals surface area contributed by atoms with E-state index < -0.39 is 29.6 Å². The van der Waals surface area contributed by atoms with Crippen LogP contribution in [-0.4, -0.2) is 53.0 Å². The second-order valence-electron chi connectivity index (χ2n) is 13.3. The van der Waals surface area contributed by atoms with Gasteiger partial charge in [-0.2, -0.15) is 0 Å². The maximum absolute atomic E-state index is 14.3. The van der Waals surface area contributed by atoms with Gasteiger partial charge in [-0.25, -0.2) is 0 Å². The van der Waals surface area contributed by atoms with Gasteiger partial charge in [-0.15, -0.1) is 0 Å². The van der Waals surface area contributed by atoms with E-state index in [9.17, 15) is 14.4 Å². The van der Waals surface area contributed by atoms with Gasteiger partial charge in [0.2, 0.25) is 17.7 Å². The molecule has 0 aromatic heterocycles. The molecule has 2 N–H and O–H groups in total.